The summed E-state index contributed by atoms with van der Waals surface area (Å²) >= 11 is 0. The summed E-state index contributed by atoms with van der Waals surface area (Å²) in [4.78, 5) is 13.6. The average Bonchev–Trinajstić information content (AvgIpc) is 2.80. The van der Waals surface area contributed by atoms with Crippen molar-refractivity contribution in [1.82, 2.24) is 15.2 Å². The van der Waals surface area contributed by atoms with Gasteiger partial charge >= 0.3 is 0 Å². The van der Waals surface area contributed by atoms with Crippen molar-refractivity contribution in [2.24, 2.45) is 4.99 Å². The summed E-state index contributed by atoms with van der Waals surface area (Å²) in [6.07, 6.45) is 2.05. The fraction of sp³-hybridized carbons (Fsp3) is 0.500. The van der Waals surface area contributed by atoms with Gasteiger partial charge in [0.05, 0.1) is 25.4 Å². The Bertz CT molecular complexity index is 912. The Morgan fingerprint density at radius 2 is 1.91 bits per heavy atom. The second kappa shape index (κ2) is 11.9. The van der Waals surface area contributed by atoms with E-state index in [0.29, 0.717) is 13.1 Å². The molecule has 0 amide bonds. The number of ether oxygens (including phenoxy) is 2. The molecular formula is C24H33FIN5O2. The van der Waals surface area contributed by atoms with E-state index in [1.54, 1.807) is 19.2 Å². The number of aliphatic imine (C=N–C) groups is 1. The van der Waals surface area contributed by atoms with Crippen LogP contribution in [0.5, 0.6) is 0 Å². The normalized spacial score (nSPS) is 23.8. The molecule has 0 aliphatic carbocycles. The summed E-state index contributed by atoms with van der Waals surface area (Å²) in [5.74, 6) is 1.56. The number of pyridine rings is 1. The number of anilines is 1. The summed E-state index contributed by atoms with van der Waals surface area (Å²) < 4.78 is 25.0. The Morgan fingerprint density at radius 1 is 1.12 bits per heavy atom. The first-order valence-electron chi connectivity index (χ1n) is 11.2. The number of rotatable bonds is 4. The highest BCUT2D eigenvalue weighted by Gasteiger charge is 2.28. The van der Waals surface area contributed by atoms with E-state index < -0.39 is 0 Å². The number of aromatic nitrogens is 1. The predicted molar refractivity (Wildman–Crippen MR) is 139 cm³/mol. The molecule has 1 N–H and O–H groups in total. The minimum atomic E-state index is -0.241. The molecule has 2 aromatic rings. The summed E-state index contributed by atoms with van der Waals surface area (Å²) in [5.41, 5.74) is 2.06. The Kier molecular flexibility index (Phi) is 9.27. The van der Waals surface area contributed by atoms with Crippen LogP contribution in [0.2, 0.25) is 0 Å². The van der Waals surface area contributed by atoms with E-state index in [1.165, 1.54) is 12.1 Å². The van der Waals surface area contributed by atoms with E-state index in [1.807, 2.05) is 13.1 Å². The van der Waals surface area contributed by atoms with Crippen LogP contribution in [-0.2, 0) is 16.0 Å². The van der Waals surface area contributed by atoms with E-state index in [-0.39, 0.29) is 48.1 Å². The molecule has 1 aromatic carbocycles. The first-order valence-corrected chi connectivity index (χ1v) is 11.2. The van der Waals surface area contributed by atoms with Crippen molar-refractivity contribution in [2.75, 3.05) is 44.7 Å². The van der Waals surface area contributed by atoms with Gasteiger partial charge in [-0.15, -0.1) is 24.0 Å². The van der Waals surface area contributed by atoms with Gasteiger partial charge in [0.1, 0.15) is 17.7 Å². The highest BCUT2D eigenvalue weighted by Crippen LogP contribution is 2.25. The van der Waals surface area contributed by atoms with Crippen LogP contribution in [0, 0.1) is 5.82 Å². The van der Waals surface area contributed by atoms with Crippen LogP contribution < -0.4 is 10.2 Å². The quantitative estimate of drug-likeness (QED) is 0.345. The number of guanidine groups is 1. The molecule has 0 spiro atoms. The fourth-order valence-electron chi connectivity index (χ4n) is 4.23. The van der Waals surface area contributed by atoms with E-state index >= 15 is 0 Å². The number of halogens is 2. The maximum Gasteiger partial charge on any atom is 0.194 e. The topological polar surface area (TPSA) is 62.2 Å². The molecular weight excluding hydrogens is 536 g/mol. The molecule has 3 heterocycles. The third-order valence-corrected chi connectivity index (χ3v) is 5.84. The lowest BCUT2D eigenvalue weighted by atomic mass is 10.1. The van der Waals surface area contributed by atoms with E-state index in [2.05, 4.69) is 44.1 Å². The molecule has 0 radical (unpaired) electrons. The van der Waals surface area contributed by atoms with Crippen molar-refractivity contribution < 1.29 is 13.9 Å². The zero-order chi connectivity index (χ0) is 22.5. The lowest BCUT2D eigenvalue weighted by molar-refractivity contribution is -0.0605. The molecule has 3 unspecified atom stereocenters. The molecule has 33 heavy (non-hydrogen) atoms. The highest BCUT2D eigenvalue weighted by molar-refractivity contribution is 14.0. The van der Waals surface area contributed by atoms with Crippen LogP contribution in [0.15, 0.2) is 47.6 Å². The van der Waals surface area contributed by atoms with Crippen molar-refractivity contribution in [3.63, 3.8) is 0 Å². The average molecular weight is 569 g/mol. The monoisotopic (exact) mass is 569 g/mol. The summed E-state index contributed by atoms with van der Waals surface area (Å²) in [7, 11) is 1.79. The first-order chi connectivity index (χ1) is 15.5. The number of hydrogen-bond acceptors (Lipinski definition) is 5. The molecule has 2 aliphatic heterocycles. The van der Waals surface area contributed by atoms with Crippen molar-refractivity contribution in [3.05, 3.63) is 59.5 Å². The van der Waals surface area contributed by atoms with Crippen LogP contribution >= 0.6 is 24.0 Å². The van der Waals surface area contributed by atoms with Crippen LogP contribution in [-0.4, -0.2) is 67.9 Å². The van der Waals surface area contributed by atoms with Gasteiger partial charge in [-0.25, -0.2) is 9.37 Å². The minimum absolute atomic E-state index is 0. The molecule has 7 nitrogen and oxygen atoms in total. The zero-order valence-electron chi connectivity index (χ0n) is 19.4. The minimum Gasteiger partial charge on any atom is -0.375 e. The second-order valence-corrected chi connectivity index (χ2v) is 8.44. The van der Waals surface area contributed by atoms with Gasteiger partial charge < -0.3 is 24.6 Å². The van der Waals surface area contributed by atoms with Crippen LogP contribution in [0.25, 0.3) is 0 Å². The van der Waals surface area contributed by atoms with E-state index in [4.69, 9.17) is 9.47 Å². The lowest BCUT2D eigenvalue weighted by Gasteiger charge is -2.38. The Balaban J connectivity index is 0.00000306. The van der Waals surface area contributed by atoms with Gasteiger partial charge in [-0.2, -0.15) is 0 Å². The number of nitrogens with zero attached hydrogens (tertiary/aromatic N) is 4. The van der Waals surface area contributed by atoms with Gasteiger partial charge in [0.15, 0.2) is 5.96 Å². The number of morpholine rings is 2. The maximum atomic E-state index is 13.3. The summed E-state index contributed by atoms with van der Waals surface area (Å²) in [6, 6.07) is 10.7. The Morgan fingerprint density at radius 3 is 2.58 bits per heavy atom. The van der Waals surface area contributed by atoms with Crippen LogP contribution in [0.1, 0.15) is 31.1 Å². The van der Waals surface area contributed by atoms with Crippen molar-refractivity contribution in [2.45, 2.75) is 38.7 Å². The van der Waals surface area contributed by atoms with Gasteiger partial charge in [0, 0.05) is 39.4 Å². The predicted octanol–water partition coefficient (Wildman–Crippen LogP) is 3.60. The molecule has 2 saturated heterocycles. The first kappa shape index (κ1) is 25.6. The number of hydrogen-bond donors (Lipinski definition) is 1. The van der Waals surface area contributed by atoms with Gasteiger partial charge in [-0.1, -0.05) is 18.2 Å². The molecule has 2 fully saturated rings. The van der Waals surface area contributed by atoms with Crippen LogP contribution in [0.3, 0.4) is 0 Å². The maximum absolute atomic E-state index is 13.3. The van der Waals surface area contributed by atoms with Gasteiger partial charge in [0.25, 0.3) is 0 Å². The smallest absolute Gasteiger partial charge is 0.194 e. The highest BCUT2D eigenvalue weighted by atomic mass is 127. The summed E-state index contributed by atoms with van der Waals surface area (Å²) in [6.45, 7) is 8.62. The van der Waals surface area contributed by atoms with Gasteiger partial charge in [-0.3, -0.25) is 4.99 Å². The number of nitrogens with one attached hydrogen (secondary N) is 1. The van der Waals surface area contributed by atoms with Crippen molar-refractivity contribution in [1.29, 1.82) is 0 Å². The van der Waals surface area contributed by atoms with Crippen molar-refractivity contribution >= 4 is 35.8 Å². The molecule has 180 valence electrons. The molecule has 4 rings (SSSR count). The van der Waals surface area contributed by atoms with Gasteiger partial charge in [0.2, 0.25) is 0 Å². The van der Waals surface area contributed by atoms with E-state index in [0.717, 1.165) is 49.1 Å². The molecule has 0 saturated carbocycles. The SMILES string of the molecule is CN=C(NCc1ccc(N2CCOC(C)C2)nc1)N1CC(C)OC(c2ccc(F)cc2)C1.I. The third-order valence-electron chi connectivity index (χ3n) is 5.84. The Hall–Kier alpha value is -1.98. The summed E-state index contributed by atoms with van der Waals surface area (Å²) in [5, 5.41) is 3.45. The van der Waals surface area contributed by atoms with Gasteiger partial charge in [-0.05, 0) is 43.2 Å². The Labute approximate surface area is 212 Å². The van der Waals surface area contributed by atoms with Crippen molar-refractivity contribution in [3.8, 4) is 0 Å². The third kappa shape index (κ3) is 6.77. The number of benzene rings is 1. The second-order valence-electron chi connectivity index (χ2n) is 8.44. The lowest BCUT2D eigenvalue weighted by Crippen LogP contribution is -2.50. The zero-order valence-corrected chi connectivity index (χ0v) is 21.7. The van der Waals surface area contributed by atoms with Crippen LogP contribution in [0.4, 0.5) is 10.2 Å². The molecule has 2 aliphatic rings. The fourth-order valence-corrected chi connectivity index (χ4v) is 4.23. The molecule has 3 atom stereocenters. The largest absolute Gasteiger partial charge is 0.375 e. The standard InChI is InChI=1S/C24H32FN5O2.HI/c1-17-14-29(10-11-31-17)23-9-4-19(12-27-23)13-28-24(26-3)30-15-18(2)32-22(16-30)20-5-7-21(25)8-6-20;/h4-9,12,17-18,22H,10-11,13-16H2,1-3H3,(H,26,28);1H. The van der Waals surface area contributed by atoms with E-state index in [9.17, 15) is 4.39 Å². The molecule has 0 bridgehead atoms. The molecule has 1 aromatic heterocycles. The molecule has 9 heteroatoms.